The summed E-state index contributed by atoms with van der Waals surface area (Å²) in [4.78, 5) is 20.7. The molecule has 0 aliphatic carbocycles. The summed E-state index contributed by atoms with van der Waals surface area (Å²) >= 11 is 5.63. The van der Waals surface area contributed by atoms with E-state index in [0.717, 1.165) is 0 Å². The number of ether oxygens (including phenoxy) is 1. The number of hydrogen-bond acceptors (Lipinski definition) is 4. The van der Waals surface area contributed by atoms with E-state index >= 15 is 0 Å². The topological polar surface area (TPSA) is 89.7 Å². The standard InChI is InChI=1S/C10H10ClNO5/c1-6(10(13)14)17-5-7-2-3-8(11)4-9(7)12(15)16/h2-4,6H,5H2,1H3,(H,13,14). The smallest absolute Gasteiger partial charge is 0.332 e. The van der Waals surface area contributed by atoms with E-state index in [9.17, 15) is 14.9 Å². The van der Waals surface area contributed by atoms with Gasteiger partial charge in [-0.15, -0.1) is 0 Å². The van der Waals surface area contributed by atoms with Crippen LogP contribution in [0, 0.1) is 10.1 Å². The maximum absolute atomic E-state index is 10.7. The zero-order valence-corrected chi connectivity index (χ0v) is 9.68. The first-order valence-corrected chi connectivity index (χ1v) is 5.07. The number of carbonyl (C=O) groups is 1. The van der Waals surface area contributed by atoms with E-state index in [2.05, 4.69) is 0 Å². The molecule has 6 nitrogen and oxygen atoms in total. The number of nitro benzene ring substituents is 1. The van der Waals surface area contributed by atoms with Crippen molar-refractivity contribution in [1.29, 1.82) is 0 Å². The molecule has 0 aliphatic rings. The fraction of sp³-hybridized carbons (Fsp3) is 0.300. The summed E-state index contributed by atoms with van der Waals surface area (Å²) in [6.07, 6.45) is -1.02. The Morgan fingerprint density at radius 2 is 2.29 bits per heavy atom. The first kappa shape index (κ1) is 13.4. The lowest BCUT2D eigenvalue weighted by Gasteiger charge is -2.08. The third-order valence-electron chi connectivity index (χ3n) is 2.08. The summed E-state index contributed by atoms with van der Waals surface area (Å²) in [7, 11) is 0. The van der Waals surface area contributed by atoms with Gasteiger partial charge in [0.2, 0.25) is 0 Å². The Hall–Kier alpha value is -1.66. The van der Waals surface area contributed by atoms with Crippen LogP contribution in [0.2, 0.25) is 5.02 Å². The van der Waals surface area contributed by atoms with Crippen LogP contribution < -0.4 is 0 Å². The van der Waals surface area contributed by atoms with Gasteiger partial charge in [0, 0.05) is 11.1 Å². The van der Waals surface area contributed by atoms with Crippen LogP contribution in [0.5, 0.6) is 0 Å². The lowest BCUT2D eigenvalue weighted by Crippen LogP contribution is -2.19. The van der Waals surface area contributed by atoms with Gasteiger partial charge in [-0.05, 0) is 19.1 Å². The Labute approximate surface area is 102 Å². The average Bonchev–Trinajstić information content (AvgIpc) is 2.26. The first-order valence-electron chi connectivity index (χ1n) is 4.69. The number of rotatable bonds is 5. The van der Waals surface area contributed by atoms with Crippen molar-refractivity contribution in [2.75, 3.05) is 0 Å². The summed E-state index contributed by atoms with van der Waals surface area (Å²) in [6.45, 7) is 1.20. The van der Waals surface area contributed by atoms with E-state index < -0.39 is 17.0 Å². The van der Waals surface area contributed by atoms with E-state index in [0.29, 0.717) is 0 Å². The van der Waals surface area contributed by atoms with Crippen LogP contribution in [-0.4, -0.2) is 22.1 Å². The van der Waals surface area contributed by atoms with Gasteiger partial charge in [-0.2, -0.15) is 0 Å². The fourth-order valence-electron chi connectivity index (χ4n) is 1.12. The number of halogens is 1. The van der Waals surface area contributed by atoms with E-state index in [1.54, 1.807) is 0 Å². The molecule has 92 valence electrons. The van der Waals surface area contributed by atoms with Gasteiger partial charge in [-0.3, -0.25) is 10.1 Å². The van der Waals surface area contributed by atoms with Crippen LogP contribution in [0.3, 0.4) is 0 Å². The number of nitrogens with zero attached hydrogens (tertiary/aromatic N) is 1. The summed E-state index contributed by atoms with van der Waals surface area (Å²) in [6, 6.07) is 4.12. The molecule has 0 amide bonds. The number of hydrogen-bond donors (Lipinski definition) is 1. The third kappa shape index (κ3) is 3.69. The number of benzene rings is 1. The highest BCUT2D eigenvalue weighted by Gasteiger charge is 2.17. The maximum atomic E-state index is 10.7. The molecule has 0 bridgehead atoms. The van der Waals surface area contributed by atoms with Gasteiger partial charge in [-0.25, -0.2) is 4.79 Å². The predicted octanol–water partition coefficient (Wildman–Crippen LogP) is 2.24. The van der Waals surface area contributed by atoms with Crippen LogP contribution in [0.4, 0.5) is 5.69 Å². The summed E-state index contributed by atoms with van der Waals surface area (Å²) in [5, 5.41) is 19.6. The largest absolute Gasteiger partial charge is 0.479 e. The summed E-state index contributed by atoms with van der Waals surface area (Å²) in [5.41, 5.74) is 0.0996. The van der Waals surface area contributed by atoms with Crippen LogP contribution in [0.25, 0.3) is 0 Å². The maximum Gasteiger partial charge on any atom is 0.332 e. The average molecular weight is 260 g/mol. The van der Waals surface area contributed by atoms with E-state index in [1.165, 1.54) is 25.1 Å². The first-order chi connectivity index (χ1) is 7.91. The molecule has 7 heteroatoms. The monoisotopic (exact) mass is 259 g/mol. The Morgan fingerprint density at radius 1 is 1.65 bits per heavy atom. The number of aliphatic carboxylic acids is 1. The Kier molecular flexibility index (Phi) is 4.42. The van der Waals surface area contributed by atoms with Crippen molar-refractivity contribution in [2.24, 2.45) is 0 Å². The highest BCUT2D eigenvalue weighted by atomic mass is 35.5. The molecule has 0 aromatic heterocycles. The normalized spacial score (nSPS) is 12.1. The fourth-order valence-corrected chi connectivity index (χ4v) is 1.28. The van der Waals surface area contributed by atoms with Crippen molar-refractivity contribution in [3.05, 3.63) is 38.9 Å². The molecule has 1 N–H and O–H groups in total. The molecule has 1 rings (SSSR count). The number of nitro groups is 1. The molecule has 0 radical (unpaired) electrons. The molecule has 0 aliphatic heterocycles. The van der Waals surface area contributed by atoms with E-state index in [4.69, 9.17) is 21.4 Å². The van der Waals surface area contributed by atoms with Crippen LogP contribution in [-0.2, 0) is 16.1 Å². The second-order valence-corrected chi connectivity index (χ2v) is 3.76. The molecule has 0 fully saturated rings. The molecule has 0 saturated carbocycles. The van der Waals surface area contributed by atoms with Crippen molar-refractivity contribution in [2.45, 2.75) is 19.6 Å². The van der Waals surface area contributed by atoms with Crippen molar-refractivity contribution < 1.29 is 19.6 Å². The molecule has 17 heavy (non-hydrogen) atoms. The third-order valence-corrected chi connectivity index (χ3v) is 2.32. The Bertz CT molecular complexity index is 448. The quantitative estimate of drug-likeness (QED) is 0.647. The van der Waals surface area contributed by atoms with Gasteiger partial charge < -0.3 is 9.84 Å². The molecular weight excluding hydrogens is 250 g/mol. The summed E-state index contributed by atoms with van der Waals surface area (Å²) in [5.74, 6) is -1.12. The van der Waals surface area contributed by atoms with Crippen LogP contribution in [0.1, 0.15) is 12.5 Å². The second kappa shape index (κ2) is 5.60. The van der Waals surface area contributed by atoms with E-state index in [-0.39, 0.29) is 22.9 Å². The molecule has 1 unspecified atom stereocenters. The van der Waals surface area contributed by atoms with Crippen molar-refractivity contribution in [3.63, 3.8) is 0 Å². The summed E-state index contributed by atoms with van der Waals surface area (Å²) < 4.78 is 4.97. The highest BCUT2D eigenvalue weighted by molar-refractivity contribution is 6.30. The predicted molar refractivity (Wildman–Crippen MR) is 60.0 cm³/mol. The molecule has 0 heterocycles. The van der Waals surface area contributed by atoms with Gasteiger partial charge in [-0.1, -0.05) is 11.6 Å². The van der Waals surface area contributed by atoms with Crippen molar-refractivity contribution in [3.8, 4) is 0 Å². The zero-order valence-electron chi connectivity index (χ0n) is 8.92. The SMILES string of the molecule is CC(OCc1ccc(Cl)cc1[N+](=O)[O-])C(=O)O. The van der Waals surface area contributed by atoms with Crippen LogP contribution in [0.15, 0.2) is 18.2 Å². The van der Waals surface area contributed by atoms with Crippen LogP contribution >= 0.6 is 11.6 Å². The number of carboxylic acids is 1. The van der Waals surface area contributed by atoms with Gasteiger partial charge in [0.15, 0.2) is 6.10 Å². The van der Waals surface area contributed by atoms with Gasteiger partial charge in [0.1, 0.15) is 0 Å². The molecule has 0 saturated heterocycles. The molecule has 0 spiro atoms. The second-order valence-electron chi connectivity index (χ2n) is 3.32. The number of carboxylic acid groups (broad SMARTS) is 1. The Morgan fingerprint density at radius 3 is 2.82 bits per heavy atom. The molecule has 1 aromatic rings. The van der Waals surface area contributed by atoms with E-state index in [1.807, 2.05) is 0 Å². The van der Waals surface area contributed by atoms with Gasteiger partial charge >= 0.3 is 5.97 Å². The molecular formula is C10H10ClNO5. The zero-order chi connectivity index (χ0) is 13.0. The van der Waals surface area contributed by atoms with Gasteiger partial charge in [0.05, 0.1) is 17.1 Å². The molecule has 1 atom stereocenters. The van der Waals surface area contributed by atoms with Crippen molar-refractivity contribution >= 4 is 23.3 Å². The minimum absolute atomic E-state index is 0.152. The molecule has 1 aromatic carbocycles. The van der Waals surface area contributed by atoms with Crippen molar-refractivity contribution in [1.82, 2.24) is 0 Å². The minimum atomic E-state index is -1.12. The Balaban J connectivity index is 2.84. The van der Waals surface area contributed by atoms with Gasteiger partial charge in [0.25, 0.3) is 5.69 Å². The lowest BCUT2D eigenvalue weighted by atomic mass is 10.2. The minimum Gasteiger partial charge on any atom is -0.479 e. The highest BCUT2D eigenvalue weighted by Crippen LogP contribution is 2.24. The lowest BCUT2D eigenvalue weighted by molar-refractivity contribution is -0.386.